The van der Waals surface area contributed by atoms with E-state index in [9.17, 15) is 4.79 Å². The van der Waals surface area contributed by atoms with Crippen LogP contribution in [0.2, 0.25) is 0 Å². The van der Waals surface area contributed by atoms with Gasteiger partial charge >= 0.3 is 0 Å². The molecule has 7 heteroatoms. The third kappa shape index (κ3) is 3.45. The number of aromatic nitrogens is 3. The maximum Gasteiger partial charge on any atom is 0.233 e. The van der Waals surface area contributed by atoms with Crippen LogP contribution in [-0.2, 0) is 4.79 Å². The molecule has 0 bridgehead atoms. The van der Waals surface area contributed by atoms with Crippen molar-refractivity contribution in [1.29, 1.82) is 0 Å². The quantitative estimate of drug-likeness (QED) is 0.649. The molecule has 1 fully saturated rings. The summed E-state index contributed by atoms with van der Waals surface area (Å²) in [5.41, 5.74) is 0. The van der Waals surface area contributed by atoms with E-state index < -0.39 is 0 Å². The third-order valence-electron chi connectivity index (χ3n) is 3.93. The molecule has 0 saturated heterocycles. The highest BCUT2D eigenvalue weighted by molar-refractivity contribution is 8.00. The fourth-order valence-electron chi connectivity index (χ4n) is 2.47. The van der Waals surface area contributed by atoms with Crippen LogP contribution >= 0.6 is 11.8 Å². The van der Waals surface area contributed by atoms with Crippen molar-refractivity contribution in [3.05, 3.63) is 5.82 Å². The number of carbonyl (C=O) groups is 1. The van der Waals surface area contributed by atoms with Crippen molar-refractivity contribution in [2.75, 3.05) is 5.84 Å². The minimum atomic E-state index is -0.227. The second-order valence-electron chi connectivity index (χ2n) is 5.54. The molecule has 1 saturated carbocycles. The second kappa shape index (κ2) is 6.47. The lowest BCUT2D eigenvalue weighted by atomic mass is 9.86. The first kappa shape index (κ1) is 15.2. The molecular weight excluding hydrogens is 274 g/mol. The fraction of sp³-hybridized carbons (Fsp3) is 0.769. The Morgan fingerprint density at radius 2 is 2.15 bits per heavy atom. The summed E-state index contributed by atoms with van der Waals surface area (Å²) in [5.74, 6) is 7.05. The van der Waals surface area contributed by atoms with E-state index in [1.807, 2.05) is 6.92 Å². The minimum absolute atomic E-state index is 0.0504. The first-order chi connectivity index (χ1) is 9.49. The molecule has 1 aliphatic carbocycles. The third-order valence-corrected chi connectivity index (χ3v) is 4.98. The van der Waals surface area contributed by atoms with Crippen molar-refractivity contribution in [3.8, 4) is 0 Å². The molecule has 1 heterocycles. The highest BCUT2D eigenvalue weighted by atomic mass is 32.2. The molecule has 3 atom stereocenters. The Balaban J connectivity index is 1.90. The van der Waals surface area contributed by atoms with Crippen LogP contribution in [-0.4, -0.2) is 32.1 Å². The van der Waals surface area contributed by atoms with Gasteiger partial charge in [-0.05, 0) is 32.6 Å². The lowest BCUT2D eigenvalue weighted by molar-refractivity contribution is -0.121. The molecule has 1 aromatic rings. The van der Waals surface area contributed by atoms with Gasteiger partial charge in [0.1, 0.15) is 5.82 Å². The van der Waals surface area contributed by atoms with Gasteiger partial charge in [0.05, 0.1) is 5.25 Å². The first-order valence-corrected chi connectivity index (χ1v) is 8.01. The fourth-order valence-corrected chi connectivity index (χ4v) is 3.30. The standard InChI is InChI=1S/C13H23N5OS/c1-8-6-4-5-7-11(8)15-12(19)9(2)20-13-17-16-10(3)18(13)14/h8-9,11H,4-7,14H2,1-3H3,(H,15,19)/t8-,9-,11-/m1/s1. The smallest absolute Gasteiger partial charge is 0.233 e. The SMILES string of the molecule is Cc1nnc(S[C@H](C)C(=O)N[C@@H]2CCCC[C@H]2C)n1N. The van der Waals surface area contributed by atoms with Crippen molar-refractivity contribution >= 4 is 17.7 Å². The lowest BCUT2D eigenvalue weighted by Gasteiger charge is -2.30. The van der Waals surface area contributed by atoms with Crippen LogP contribution in [0.5, 0.6) is 0 Å². The molecule has 0 radical (unpaired) electrons. The Labute approximate surface area is 123 Å². The Kier molecular flexibility index (Phi) is 4.91. The summed E-state index contributed by atoms with van der Waals surface area (Å²) in [6.07, 6.45) is 4.75. The molecule has 0 aromatic carbocycles. The van der Waals surface area contributed by atoms with Gasteiger partial charge in [-0.25, -0.2) is 4.68 Å². The predicted octanol–water partition coefficient (Wildman–Crippen LogP) is 1.48. The average Bonchev–Trinajstić information content (AvgIpc) is 2.73. The van der Waals surface area contributed by atoms with E-state index in [1.165, 1.54) is 35.7 Å². The zero-order valence-corrected chi connectivity index (χ0v) is 13.1. The molecular formula is C13H23N5OS. The number of hydrogen-bond acceptors (Lipinski definition) is 5. The summed E-state index contributed by atoms with van der Waals surface area (Å²) < 4.78 is 1.41. The summed E-state index contributed by atoms with van der Waals surface area (Å²) in [5, 5.41) is 11.4. The number of aryl methyl sites for hydroxylation is 1. The molecule has 0 aliphatic heterocycles. The van der Waals surface area contributed by atoms with E-state index in [0.717, 1.165) is 6.42 Å². The van der Waals surface area contributed by atoms with Gasteiger partial charge in [-0.15, -0.1) is 10.2 Å². The van der Waals surface area contributed by atoms with Crippen molar-refractivity contribution in [2.24, 2.45) is 5.92 Å². The van der Waals surface area contributed by atoms with E-state index in [2.05, 4.69) is 22.4 Å². The van der Waals surface area contributed by atoms with Crippen LogP contribution in [0, 0.1) is 12.8 Å². The summed E-state index contributed by atoms with van der Waals surface area (Å²) >= 11 is 1.34. The van der Waals surface area contributed by atoms with E-state index >= 15 is 0 Å². The largest absolute Gasteiger partial charge is 0.352 e. The number of nitrogens with zero attached hydrogens (tertiary/aromatic N) is 3. The lowest BCUT2D eigenvalue weighted by Crippen LogP contribution is -2.44. The average molecular weight is 297 g/mol. The highest BCUT2D eigenvalue weighted by Crippen LogP contribution is 2.25. The van der Waals surface area contributed by atoms with Crippen molar-refractivity contribution in [1.82, 2.24) is 20.2 Å². The Morgan fingerprint density at radius 3 is 2.75 bits per heavy atom. The monoisotopic (exact) mass is 297 g/mol. The summed E-state index contributed by atoms with van der Waals surface area (Å²) in [7, 11) is 0. The van der Waals surface area contributed by atoms with E-state index in [0.29, 0.717) is 22.9 Å². The zero-order chi connectivity index (χ0) is 14.7. The molecule has 0 unspecified atom stereocenters. The van der Waals surface area contributed by atoms with Gasteiger partial charge < -0.3 is 11.2 Å². The van der Waals surface area contributed by atoms with Gasteiger partial charge in [-0.3, -0.25) is 4.79 Å². The number of nitrogens with one attached hydrogen (secondary N) is 1. The molecule has 6 nitrogen and oxygen atoms in total. The molecule has 112 valence electrons. The van der Waals surface area contributed by atoms with Gasteiger partial charge in [-0.1, -0.05) is 31.5 Å². The van der Waals surface area contributed by atoms with E-state index in [1.54, 1.807) is 6.92 Å². The van der Waals surface area contributed by atoms with Crippen LogP contribution in [0.25, 0.3) is 0 Å². The van der Waals surface area contributed by atoms with Crippen LogP contribution in [0.3, 0.4) is 0 Å². The van der Waals surface area contributed by atoms with Crippen molar-refractivity contribution < 1.29 is 4.79 Å². The second-order valence-corrected chi connectivity index (χ2v) is 6.84. The van der Waals surface area contributed by atoms with Crippen LogP contribution in [0.15, 0.2) is 5.16 Å². The molecule has 3 N–H and O–H groups in total. The maximum absolute atomic E-state index is 12.2. The van der Waals surface area contributed by atoms with Gasteiger partial charge in [-0.2, -0.15) is 0 Å². The molecule has 2 rings (SSSR count). The van der Waals surface area contributed by atoms with E-state index in [-0.39, 0.29) is 11.2 Å². The van der Waals surface area contributed by atoms with Crippen molar-refractivity contribution in [3.63, 3.8) is 0 Å². The molecule has 1 aliphatic rings. The minimum Gasteiger partial charge on any atom is -0.352 e. The van der Waals surface area contributed by atoms with Gasteiger partial charge in [0.15, 0.2) is 0 Å². The first-order valence-electron chi connectivity index (χ1n) is 7.13. The predicted molar refractivity (Wildman–Crippen MR) is 79.8 cm³/mol. The van der Waals surface area contributed by atoms with Gasteiger partial charge in [0, 0.05) is 6.04 Å². The van der Waals surface area contributed by atoms with Crippen LogP contribution in [0.4, 0.5) is 0 Å². The maximum atomic E-state index is 12.2. The Bertz CT molecular complexity index is 475. The highest BCUT2D eigenvalue weighted by Gasteiger charge is 2.26. The Hall–Kier alpha value is -1.24. The number of hydrogen-bond donors (Lipinski definition) is 2. The zero-order valence-electron chi connectivity index (χ0n) is 12.3. The number of nitrogen functional groups attached to an aromatic ring is 1. The number of rotatable bonds is 4. The van der Waals surface area contributed by atoms with Crippen LogP contribution < -0.4 is 11.2 Å². The van der Waals surface area contributed by atoms with E-state index in [4.69, 9.17) is 5.84 Å². The summed E-state index contributed by atoms with van der Waals surface area (Å²) in [4.78, 5) is 12.2. The molecule has 0 spiro atoms. The number of thioether (sulfide) groups is 1. The Morgan fingerprint density at radius 1 is 1.45 bits per heavy atom. The molecule has 1 amide bonds. The summed E-state index contributed by atoms with van der Waals surface area (Å²) in [6, 6.07) is 0.303. The topological polar surface area (TPSA) is 85.8 Å². The number of nitrogens with two attached hydrogens (primary N) is 1. The number of carbonyl (C=O) groups excluding carboxylic acids is 1. The van der Waals surface area contributed by atoms with Gasteiger partial charge in [0.25, 0.3) is 0 Å². The van der Waals surface area contributed by atoms with Crippen LogP contribution in [0.1, 0.15) is 45.4 Å². The van der Waals surface area contributed by atoms with Crippen molar-refractivity contribution in [2.45, 2.75) is 62.9 Å². The number of amides is 1. The molecule has 1 aromatic heterocycles. The van der Waals surface area contributed by atoms with Gasteiger partial charge in [0.2, 0.25) is 11.1 Å². The normalized spacial score (nSPS) is 24.4. The summed E-state index contributed by atoms with van der Waals surface area (Å²) in [6.45, 7) is 5.87. The molecule has 20 heavy (non-hydrogen) atoms.